The van der Waals surface area contributed by atoms with Crippen molar-refractivity contribution in [2.75, 3.05) is 0 Å². The molecule has 0 spiro atoms. The summed E-state index contributed by atoms with van der Waals surface area (Å²) < 4.78 is 6.54. The highest BCUT2D eigenvalue weighted by atomic mass is 16.3. The van der Waals surface area contributed by atoms with Crippen molar-refractivity contribution < 1.29 is 4.42 Å². The summed E-state index contributed by atoms with van der Waals surface area (Å²) in [5, 5.41) is 5.35. The van der Waals surface area contributed by atoms with Gasteiger partial charge >= 0.3 is 0 Å². The summed E-state index contributed by atoms with van der Waals surface area (Å²) in [5.41, 5.74) is 10.3. The molecule has 0 amide bonds. The molecule has 0 aliphatic carbocycles. The number of aromatic nitrogens is 2. The smallest absolute Gasteiger partial charge is 0.160 e. The number of rotatable bonds is 4. The number of hydrogen-bond acceptors (Lipinski definition) is 3. The number of hydrogen-bond donors (Lipinski definition) is 0. The van der Waals surface area contributed by atoms with Crippen molar-refractivity contribution in [1.82, 2.24) is 9.97 Å². The van der Waals surface area contributed by atoms with Gasteiger partial charge in [-0.1, -0.05) is 133 Å². The van der Waals surface area contributed by atoms with Gasteiger partial charge in [0.2, 0.25) is 0 Å². The first-order valence-electron chi connectivity index (χ1n) is 15.2. The molecule has 210 valence electrons. The van der Waals surface area contributed by atoms with Crippen molar-refractivity contribution in [3.8, 4) is 44.9 Å². The van der Waals surface area contributed by atoms with Crippen LogP contribution in [0.3, 0.4) is 0 Å². The average molecular weight is 575 g/mol. The quantitative estimate of drug-likeness (QED) is 0.210. The first kappa shape index (κ1) is 25.4. The van der Waals surface area contributed by atoms with Crippen LogP contribution in [-0.2, 0) is 0 Å². The van der Waals surface area contributed by atoms with Crippen molar-refractivity contribution in [3.05, 3.63) is 158 Å². The van der Waals surface area contributed by atoms with E-state index in [2.05, 4.69) is 140 Å². The maximum Gasteiger partial charge on any atom is 0.160 e. The van der Waals surface area contributed by atoms with Gasteiger partial charge in [0.15, 0.2) is 5.82 Å². The molecule has 0 aliphatic rings. The Bertz CT molecular complexity index is 2510. The predicted octanol–water partition coefficient (Wildman–Crippen LogP) is 11.4. The van der Waals surface area contributed by atoms with Gasteiger partial charge in [-0.15, -0.1) is 0 Å². The summed E-state index contributed by atoms with van der Waals surface area (Å²) in [5.74, 6) is 0.705. The highest BCUT2D eigenvalue weighted by molar-refractivity contribution is 6.20. The van der Waals surface area contributed by atoms with E-state index in [9.17, 15) is 0 Å². The lowest BCUT2D eigenvalue weighted by molar-refractivity contribution is 0.673. The lowest BCUT2D eigenvalue weighted by Gasteiger charge is -2.12. The molecule has 9 rings (SSSR count). The fraction of sp³-hybridized carbons (Fsp3) is 0. The molecule has 45 heavy (non-hydrogen) atoms. The van der Waals surface area contributed by atoms with E-state index in [1.54, 1.807) is 0 Å². The summed E-state index contributed by atoms with van der Waals surface area (Å²) >= 11 is 0. The molecule has 0 atom stereocenters. The topological polar surface area (TPSA) is 38.9 Å². The van der Waals surface area contributed by atoms with E-state index in [1.165, 1.54) is 16.7 Å². The lowest BCUT2D eigenvalue weighted by atomic mass is 9.95. The minimum absolute atomic E-state index is 0.705. The van der Waals surface area contributed by atoms with Gasteiger partial charge in [0, 0.05) is 32.7 Å². The van der Waals surface area contributed by atoms with Crippen LogP contribution in [0.25, 0.3) is 88.5 Å². The first-order valence-corrected chi connectivity index (χ1v) is 15.2. The molecule has 0 saturated heterocycles. The summed E-state index contributed by atoms with van der Waals surface area (Å²) in [6.45, 7) is 0. The van der Waals surface area contributed by atoms with Crippen LogP contribution in [0.2, 0.25) is 0 Å². The molecular formula is C42H26N2O. The van der Waals surface area contributed by atoms with Gasteiger partial charge in [0.05, 0.1) is 11.2 Å². The largest absolute Gasteiger partial charge is 0.455 e. The Hall–Kier alpha value is -6.06. The molecule has 7 aromatic carbocycles. The molecular weight excluding hydrogens is 548 g/mol. The first-order chi connectivity index (χ1) is 22.3. The third-order valence-corrected chi connectivity index (χ3v) is 8.69. The SMILES string of the molecule is c1ccc(-c2ccc(-c3nc(-c4cc5c6cc(-c7ccccc7)ccc6oc5c5ccccc45)c4ccccc4n3)cc2)cc1. The Kier molecular flexibility index (Phi) is 5.82. The van der Waals surface area contributed by atoms with Gasteiger partial charge in [-0.25, -0.2) is 9.97 Å². The predicted molar refractivity (Wildman–Crippen MR) is 186 cm³/mol. The van der Waals surface area contributed by atoms with Gasteiger partial charge in [-0.3, -0.25) is 0 Å². The molecule has 0 fully saturated rings. The maximum absolute atomic E-state index is 6.54. The Labute approximate surface area is 260 Å². The Morgan fingerprint density at radius 2 is 0.956 bits per heavy atom. The van der Waals surface area contributed by atoms with Gasteiger partial charge < -0.3 is 4.42 Å². The van der Waals surface area contributed by atoms with Crippen molar-refractivity contribution >= 4 is 43.6 Å². The molecule has 3 nitrogen and oxygen atoms in total. The zero-order valence-corrected chi connectivity index (χ0v) is 24.3. The van der Waals surface area contributed by atoms with Crippen LogP contribution in [0.1, 0.15) is 0 Å². The number of para-hydroxylation sites is 1. The third kappa shape index (κ3) is 4.29. The van der Waals surface area contributed by atoms with Gasteiger partial charge in [-0.05, 0) is 51.9 Å². The second-order valence-corrected chi connectivity index (χ2v) is 11.4. The van der Waals surface area contributed by atoms with Gasteiger partial charge in [0.25, 0.3) is 0 Å². The monoisotopic (exact) mass is 574 g/mol. The minimum atomic E-state index is 0.705. The second-order valence-electron chi connectivity index (χ2n) is 11.4. The lowest BCUT2D eigenvalue weighted by Crippen LogP contribution is -1.96. The van der Waals surface area contributed by atoms with E-state index >= 15 is 0 Å². The summed E-state index contributed by atoms with van der Waals surface area (Å²) in [6.07, 6.45) is 0. The van der Waals surface area contributed by atoms with Crippen LogP contribution in [-0.4, -0.2) is 9.97 Å². The maximum atomic E-state index is 6.54. The van der Waals surface area contributed by atoms with Gasteiger partial charge in [0.1, 0.15) is 11.2 Å². The summed E-state index contributed by atoms with van der Waals surface area (Å²) in [6, 6.07) is 54.9. The minimum Gasteiger partial charge on any atom is -0.455 e. The van der Waals surface area contributed by atoms with Crippen LogP contribution < -0.4 is 0 Å². The summed E-state index contributed by atoms with van der Waals surface area (Å²) in [4.78, 5) is 10.3. The molecule has 2 heterocycles. The zero-order valence-electron chi connectivity index (χ0n) is 24.3. The number of nitrogens with zero attached hydrogens (tertiary/aromatic N) is 2. The normalized spacial score (nSPS) is 11.6. The number of benzene rings is 7. The fourth-order valence-electron chi connectivity index (χ4n) is 6.46. The molecule has 0 N–H and O–H groups in total. The highest BCUT2D eigenvalue weighted by Gasteiger charge is 2.19. The van der Waals surface area contributed by atoms with Crippen LogP contribution in [0, 0.1) is 0 Å². The number of fused-ring (bicyclic) bond motifs is 6. The van der Waals surface area contributed by atoms with E-state index in [-0.39, 0.29) is 0 Å². The van der Waals surface area contributed by atoms with Crippen molar-refractivity contribution in [3.63, 3.8) is 0 Å². The molecule has 3 heteroatoms. The molecule has 0 bridgehead atoms. The fourth-order valence-corrected chi connectivity index (χ4v) is 6.46. The van der Waals surface area contributed by atoms with Crippen molar-refractivity contribution in [2.45, 2.75) is 0 Å². The van der Waals surface area contributed by atoms with Crippen LogP contribution in [0.15, 0.2) is 162 Å². The second kappa shape index (κ2) is 10.3. The molecule has 9 aromatic rings. The van der Waals surface area contributed by atoms with E-state index < -0.39 is 0 Å². The van der Waals surface area contributed by atoms with Crippen LogP contribution in [0.4, 0.5) is 0 Å². The van der Waals surface area contributed by atoms with Crippen LogP contribution >= 0.6 is 0 Å². The standard InChI is InChI=1S/C42H26N2O/c1-3-11-27(12-4-1)29-19-21-30(22-20-29)42-43-38-18-10-9-17-34(38)40(44-42)36-26-37-35-25-31(28-13-5-2-6-14-28)23-24-39(35)45-41(37)33-16-8-7-15-32(33)36/h1-26H. The van der Waals surface area contributed by atoms with E-state index in [4.69, 9.17) is 14.4 Å². The highest BCUT2D eigenvalue weighted by Crippen LogP contribution is 2.42. The molecule has 0 saturated carbocycles. The Balaban J connectivity index is 1.28. The van der Waals surface area contributed by atoms with E-state index in [0.29, 0.717) is 5.82 Å². The number of furan rings is 1. The molecule has 0 radical (unpaired) electrons. The molecule has 0 unspecified atom stereocenters. The zero-order chi connectivity index (χ0) is 29.7. The van der Waals surface area contributed by atoms with Crippen molar-refractivity contribution in [2.24, 2.45) is 0 Å². The molecule has 2 aromatic heterocycles. The van der Waals surface area contributed by atoms with Crippen molar-refractivity contribution in [1.29, 1.82) is 0 Å². The average Bonchev–Trinajstić information content (AvgIpc) is 3.50. The van der Waals surface area contributed by atoms with Crippen LogP contribution in [0.5, 0.6) is 0 Å². The van der Waals surface area contributed by atoms with E-state index in [1.807, 2.05) is 18.2 Å². The third-order valence-electron chi connectivity index (χ3n) is 8.69. The molecule has 0 aliphatic heterocycles. The Morgan fingerprint density at radius 1 is 0.378 bits per heavy atom. The summed E-state index contributed by atoms with van der Waals surface area (Å²) in [7, 11) is 0. The van der Waals surface area contributed by atoms with Gasteiger partial charge in [-0.2, -0.15) is 0 Å². The Morgan fingerprint density at radius 3 is 1.71 bits per heavy atom. The van der Waals surface area contributed by atoms with E-state index in [0.717, 1.165) is 66.0 Å².